The van der Waals surface area contributed by atoms with Crippen LogP contribution in [0.4, 0.5) is 11.4 Å². The minimum atomic E-state index is 0.642. The van der Waals surface area contributed by atoms with Gasteiger partial charge in [-0.15, -0.1) is 0 Å². The normalized spacial score (nSPS) is 11.4. The van der Waals surface area contributed by atoms with Gasteiger partial charge in [-0.05, 0) is 36.4 Å². The fourth-order valence-corrected chi connectivity index (χ4v) is 2.89. The predicted octanol–water partition coefficient (Wildman–Crippen LogP) is 3.64. The van der Waals surface area contributed by atoms with E-state index >= 15 is 0 Å². The van der Waals surface area contributed by atoms with E-state index in [-0.39, 0.29) is 0 Å². The molecule has 2 aromatic carbocycles. The number of rotatable bonds is 0. The highest BCUT2D eigenvalue weighted by molar-refractivity contribution is 7.99. The van der Waals surface area contributed by atoms with Crippen molar-refractivity contribution in [3.05, 3.63) is 47.5 Å². The van der Waals surface area contributed by atoms with Gasteiger partial charge in [0.1, 0.15) is 0 Å². The quantitative estimate of drug-likeness (QED) is 0.660. The maximum Gasteiger partial charge on any atom is 0.0992 e. The second-order valence-electron chi connectivity index (χ2n) is 3.87. The average molecular weight is 249 g/mol. The third-order valence-electron chi connectivity index (χ3n) is 2.71. The molecule has 0 bridgehead atoms. The van der Waals surface area contributed by atoms with Crippen molar-refractivity contribution in [2.75, 3.05) is 5.32 Å². The Morgan fingerprint density at radius 1 is 0.833 bits per heavy atom. The molecule has 0 spiro atoms. The van der Waals surface area contributed by atoms with Crippen LogP contribution in [-0.2, 0) is 0 Å². The van der Waals surface area contributed by atoms with Crippen LogP contribution in [0.2, 0.25) is 0 Å². The Morgan fingerprint density at radius 3 is 1.78 bits per heavy atom. The molecular formula is C14H7N3S. The summed E-state index contributed by atoms with van der Waals surface area (Å²) in [5.74, 6) is 0. The second-order valence-corrected chi connectivity index (χ2v) is 4.96. The lowest BCUT2D eigenvalue weighted by Gasteiger charge is -2.20. The summed E-state index contributed by atoms with van der Waals surface area (Å²) in [5, 5.41) is 21.1. The molecule has 4 heteroatoms. The van der Waals surface area contributed by atoms with E-state index in [9.17, 15) is 0 Å². The molecule has 1 aliphatic heterocycles. The molecule has 0 fully saturated rings. The van der Waals surface area contributed by atoms with E-state index in [1.165, 1.54) is 0 Å². The van der Waals surface area contributed by atoms with Crippen LogP contribution in [0.15, 0.2) is 46.2 Å². The fraction of sp³-hybridized carbons (Fsp3) is 0. The Balaban J connectivity index is 2.07. The van der Waals surface area contributed by atoms with Gasteiger partial charge in [0.2, 0.25) is 0 Å². The van der Waals surface area contributed by atoms with Gasteiger partial charge in [-0.3, -0.25) is 0 Å². The van der Waals surface area contributed by atoms with Crippen LogP contribution in [0.1, 0.15) is 11.1 Å². The minimum Gasteiger partial charge on any atom is -0.354 e. The number of nitrogens with zero attached hydrogens (tertiary/aromatic N) is 2. The molecule has 0 atom stereocenters. The first kappa shape index (κ1) is 10.7. The van der Waals surface area contributed by atoms with Crippen molar-refractivity contribution >= 4 is 23.1 Å². The Hall–Kier alpha value is -2.43. The molecule has 0 saturated heterocycles. The van der Waals surface area contributed by atoms with E-state index in [1.54, 1.807) is 23.9 Å². The van der Waals surface area contributed by atoms with Gasteiger partial charge in [0, 0.05) is 9.79 Å². The zero-order valence-corrected chi connectivity index (χ0v) is 10.1. The molecule has 0 amide bonds. The van der Waals surface area contributed by atoms with Crippen molar-refractivity contribution < 1.29 is 0 Å². The molecule has 3 rings (SSSR count). The number of anilines is 2. The Bertz CT molecular complexity index is 661. The van der Waals surface area contributed by atoms with Crippen LogP contribution in [0.3, 0.4) is 0 Å². The van der Waals surface area contributed by atoms with Crippen LogP contribution in [0.5, 0.6) is 0 Å². The number of nitrogens with one attached hydrogen (secondary N) is 1. The molecule has 0 saturated carbocycles. The molecule has 1 aliphatic rings. The van der Waals surface area contributed by atoms with Crippen LogP contribution in [-0.4, -0.2) is 0 Å². The number of nitriles is 2. The summed E-state index contributed by atoms with van der Waals surface area (Å²) in [6.45, 7) is 0. The molecule has 0 aliphatic carbocycles. The number of hydrogen-bond donors (Lipinski definition) is 1. The van der Waals surface area contributed by atoms with Crippen LogP contribution >= 0.6 is 11.8 Å². The standard InChI is InChI=1S/C14H7N3S/c15-7-9-1-3-11-13(5-9)18-14-6-10(8-16)2-4-12(14)17-11/h1-6,17H. The van der Waals surface area contributed by atoms with Crippen molar-refractivity contribution in [3.63, 3.8) is 0 Å². The molecule has 0 unspecified atom stereocenters. The zero-order chi connectivity index (χ0) is 12.5. The van der Waals surface area contributed by atoms with Gasteiger partial charge in [-0.1, -0.05) is 11.8 Å². The monoisotopic (exact) mass is 249 g/mol. The summed E-state index contributed by atoms with van der Waals surface area (Å²) < 4.78 is 0. The maximum absolute atomic E-state index is 8.89. The van der Waals surface area contributed by atoms with Gasteiger partial charge in [0.25, 0.3) is 0 Å². The minimum absolute atomic E-state index is 0.642. The largest absolute Gasteiger partial charge is 0.354 e. The van der Waals surface area contributed by atoms with Crippen molar-refractivity contribution in [1.29, 1.82) is 10.5 Å². The average Bonchev–Trinajstić information content (AvgIpc) is 2.43. The van der Waals surface area contributed by atoms with Gasteiger partial charge < -0.3 is 5.32 Å². The van der Waals surface area contributed by atoms with Crippen molar-refractivity contribution in [2.24, 2.45) is 0 Å². The first-order valence-corrected chi connectivity index (χ1v) is 6.15. The van der Waals surface area contributed by atoms with Crippen molar-refractivity contribution in [1.82, 2.24) is 0 Å². The van der Waals surface area contributed by atoms with Crippen molar-refractivity contribution in [3.8, 4) is 12.1 Å². The molecule has 84 valence electrons. The summed E-state index contributed by atoms with van der Waals surface area (Å²) in [6.07, 6.45) is 0. The highest BCUT2D eigenvalue weighted by Gasteiger charge is 2.16. The number of fused-ring (bicyclic) bond motifs is 2. The lowest BCUT2D eigenvalue weighted by Crippen LogP contribution is -2.00. The highest BCUT2D eigenvalue weighted by atomic mass is 32.2. The van der Waals surface area contributed by atoms with Gasteiger partial charge in [0.05, 0.1) is 34.6 Å². The maximum atomic E-state index is 8.89. The summed E-state index contributed by atoms with van der Waals surface area (Å²) in [5.41, 5.74) is 3.28. The van der Waals surface area contributed by atoms with Crippen LogP contribution < -0.4 is 5.32 Å². The van der Waals surface area contributed by atoms with Gasteiger partial charge in [-0.25, -0.2) is 0 Å². The van der Waals surface area contributed by atoms with E-state index in [4.69, 9.17) is 10.5 Å². The Labute approximate surface area is 109 Å². The van der Waals surface area contributed by atoms with E-state index < -0.39 is 0 Å². The van der Waals surface area contributed by atoms with Crippen LogP contribution in [0.25, 0.3) is 0 Å². The van der Waals surface area contributed by atoms with Gasteiger partial charge in [-0.2, -0.15) is 10.5 Å². The van der Waals surface area contributed by atoms with E-state index in [2.05, 4.69) is 17.5 Å². The predicted molar refractivity (Wildman–Crippen MR) is 69.7 cm³/mol. The summed E-state index contributed by atoms with van der Waals surface area (Å²) in [7, 11) is 0. The van der Waals surface area contributed by atoms with E-state index in [0.29, 0.717) is 11.1 Å². The van der Waals surface area contributed by atoms with Crippen LogP contribution in [0, 0.1) is 22.7 Å². The van der Waals surface area contributed by atoms with Gasteiger partial charge in [0.15, 0.2) is 0 Å². The summed E-state index contributed by atoms with van der Waals surface area (Å²) in [6, 6.07) is 15.4. The lowest BCUT2D eigenvalue weighted by atomic mass is 10.2. The lowest BCUT2D eigenvalue weighted by molar-refractivity contribution is 1.29. The molecule has 1 heterocycles. The molecule has 0 radical (unpaired) electrons. The fourth-order valence-electron chi connectivity index (χ4n) is 1.82. The zero-order valence-electron chi connectivity index (χ0n) is 9.27. The summed E-state index contributed by atoms with van der Waals surface area (Å²) >= 11 is 1.58. The number of benzene rings is 2. The van der Waals surface area contributed by atoms with Crippen molar-refractivity contribution in [2.45, 2.75) is 9.79 Å². The Kier molecular flexibility index (Phi) is 2.44. The van der Waals surface area contributed by atoms with E-state index in [1.807, 2.05) is 24.3 Å². The smallest absolute Gasteiger partial charge is 0.0992 e. The third-order valence-corrected chi connectivity index (χ3v) is 3.83. The second kappa shape index (κ2) is 4.10. The Morgan fingerprint density at radius 2 is 1.33 bits per heavy atom. The SMILES string of the molecule is N#Cc1ccc2c(c1)Sc1cc(C#N)ccc1N2. The van der Waals surface area contributed by atoms with E-state index in [0.717, 1.165) is 21.2 Å². The molecular weight excluding hydrogens is 242 g/mol. The summed E-state index contributed by atoms with van der Waals surface area (Å²) in [4.78, 5) is 2.02. The molecule has 1 N–H and O–H groups in total. The number of hydrogen-bond acceptors (Lipinski definition) is 4. The first-order chi connectivity index (χ1) is 8.80. The molecule has 2 aromatic rings. The van der Waals surface area contributed by atoms with Gasteiger partial charge >= 0.3 is 0 Å². The first-order valence-electron chi connectivity index (χ1n) is 5.33. The third kappa shape index (κ3) is 1.69. The highest BCUT2D eigenvalue weighted by Crippen LogP contribution is 2.44. The molecule has 3 nitrogen and oxygen atoms in total. The molecule has 0 aromatic heterocycles. The topological polar surface area (TPSA) is 59.6 Å². The molecule has 18 heavy (non-hydrogen) atoms.